The van der Waals surface area contributed by atoms with Crippen LogP contribution in [0.3, 0.4) is 0 Å². The van der Waals surface area contributed by atoms with Crippen LogP contribution < -0.4 is 4.74 Å². The van der Waals surface area contributed by atoms with Crippen LogP contribution in [0.2, 0.25) is 0 Å². The van der Waals surface area contributed by atoms with E-state index < -0.39 is 17.6 Å². The zero-order valence-corrected chi connectivity index (χ0v) is 17.3. The van der Waals surface area contributed by atoms with E-state index in [0.717, 1.165) is 50.7 Å². The molecule has 160 valence electrons. The second kappa shape index (κ2) is 9.01. The van der Waals surface area contributed by atoms with E-state index in [2.05, 4.69) is 6.58 Å². The molecule has 4 atom stereocenters. The molecule has 2 aromatic rings. The predicted octanol–water partition coefficient (Wildman–Crippen LogP) is 6.54. The molecule has 0 amide bonds. The van der Waals surface area contributed by atoms with E-state index in [9.17, 15) is 13.6 Å². The molecule has 3 nitrogen and oxygen atoms in total. The molecular weight excluding hydrogens is 396 g/mol. The summed E-state index contributed by atoms with van der Waals surface area (Å²) in [5, 5.41) is 8.82. The van der Waals surface area contributed by atoms with E-state index in [0.29, 0.717) is 23.3 Å². The third kappa shape index (κ3) is 4.54. The Morgan fingerprint density at radius 2 is 1.68 bits per heavy atom. The van der Waals surface area contributed by atoms with Crippen LogP contribution in [0.4, 0.5) is 8.78 Å². The van der Waals surface area contributed by atoms with Crippen molar-refractivity contribution in [3.63, 3.8) is 0 Å². The molecular formula is C26H25F2NO2. The van der Waals surface area contributed by atoms with E-state index in [1.54, 1.807) is 0 Å². The van der Waals surface area contributed by atoms with Crippen molar-refractivity contribution in [2.24, 2.45) is 17.8 Å². The number of esters is 1. The second-order valence-corrected chi connectivity index (χ2v) is 8.72. The van der Waals surface area contributed by atoms with Crippen LogP contribution >= 0.6 is 0 Å². The van der Waals surface area contributed by atoms with Crippen molar-refractivity contribution < 1.29 is 18.3 Å². The maximum absolute atomic E-state index is 14.9. The normalized spacial score (nSPS) is 25.2. The Morgan fingerprint density at radius 1 is 1.03 bits per heavy atom. The standard InChI is InChI=1S/C26H25F2NO2/c1-2-16-3-6-19-12-20(8-7-18(19)11-16)25-23(27)13-21(14-24(25)28)26(30)31-22-9-4-17(15-29)5-10-22/h2,4-5,9-10,13-14,16,18-20H,1,3,6-8,11-12H2. The summed E-state index contributed by atoms with van der Waals surface area (Å²) in [7, 11) is 0. The molecule has 0 N–H and O–H groups in total. The van der Waals surface area contributed by atoms with Gasteiger partial charge in [0.2, 0.25) is 0 Å². The van der Waals surface area contributed by atoms with Crippen LogP contribution in [0.15, 0.2) is 49.1 Å². The van der Waals surface area contributed by atoms with Crippen molar-refractivity contribution in [3.8, 4) is 11.8 Å². The fraction of sp³-hybridized carbons (Fsp3) is 0.385. The minimum absolute atomic E-state index is 0.0965. The maximum atomic E-state index is 14.9. The van der Waals surface area contributed by atoms with Gasteiger partial charge in [0.1, 0.15) is 17.4 Å². The Hall–Kier alpha value is -3.00. The highest BCUT2D eigenvalue weighted by atomic mass is 19.1. The molecule has 0 saturated heterocycles. The van der Waals surface area contributed by atoms with Gasteiger partial charge in [0, 0.05) is 5.56 Å². The van der Waals surface area contributed by atoms with Crippen molar-refractivity contribution in [2.75, 3.05) is 0 Å². The predicted molar refractivity (Wildman–Crippen MR) is 114 cm³/mol. The van der Waals surface area contributed by atoms with Crippen molar-refractivity contribution in [2.45, 2.75) is 44.4 Å². The number of nitriles is 1. The van der Waals surface area contributed by atoms with Gasteiger partial charge >= 0.3 is 5.97 Å². The Bertz CT molecular complexity index is 1000. The molecule has 2 saturated carbocycles. The Labute approximate surface area is 181 Å². The molecule has 0 spiro atoms. The van der Waals surface area contributed by atoms with Gasteiger partial charge in [0.15, 0.2) is 0 Å². The van der Waals surface area contributed by atoms with E-state index in [-0.39, 0.29) is 22.8 Å². The van der Waals surface area contributed by atoms with Crippen LogP contribution in [-0.4, -0.2) is 5.97 Å². The fourth-order valence-corrected chi connectivity index (χ4v) is 5.26. The third-order valence-electron chi connectivity index (χ3n) is 6.90. The van der Waals surface area contributed by atoms with Gasteiger partial charge in [-0.3, -0.25) is 0 Å². The molecule has 0 bridgehead atoms. The topological polar surface area (TPSA) is 50.1 Å². The van der Waals surface area contributed by atoms with E-state index in [1.165, 1.54) is 24.3 Å². The highest BCUT2D eigenvalue weighted by Gasteiger charge is 2.37. The first-order chi connectivity index (χ1) is 15.0. The van der Waals surface area contributed by atoms with Gasteiger partial charge < -0.3 is 4.74 Å². The zero-order valence-electron chi connectivity index (χ0n) is 17.3. The average Bonchev–Trinajstić information content (AvgIpc) is 2.78. The number of carbonyl (C=O) groups is 1. The third-order valence-corrected chi connectivity index (χ3v) is 6.90. The largest absolute Gasteiger partial charge is 0.423 e. The van der Waals surface area contributed by atoms with Gasteiger partial charge in [-0.1, -0.05) is 6.08 Å². The summed E-state index contributed by atoms with van der Waals surface area (Å²) >= 11 is 0. The smallest absolute Gasteiger partial charge is 0.343 e. The summed E-state index contributed by atoms with van der Waals surface area (Å²) in [5.41, 5.74) is 0.358. The molecule has 2 aromatic carbocycles. The molecule has 2 aliphatic rings. The number of carbonyl (C=O) groups excluding carboxylic acids is 1. The number of halogens is 2. The van der Waals surface area contributed by atoms with Gasteiger partial charge in [-0.15, -0.1) is 6.58 Å². The Morgan fingerprint density at radius 3 is 2.32 bits per heavy atom. The zero-order chi connectivity index (χ0) is 22.0. The molecule has 0 aliphatic heterocycles. The van der Waals surface area contributed by atoms with Gasteiger partial charge in [-0.2, -0.15) is 5.26 Å². The van der Waals surface area contributed by atoms with Crippen molar-refractivity contribution in [1.29, 1.82) is 5.26 Å². The average molecular weight is 421 g/mol. The molecule has 31 heavy (non-hydrogen) atoms. The quantitative estimate of drug-likeness (QED) is 0.320. The summed E-state index contributed by atoms with van der Waals surface area (Å²) in [5.74, 6) is -0.485. The Kier molecular flexibility index (Phi) is 6.18. The maximum Gasteiger partial charge on any atom is 0.343 e. The number of nitrogens with zero attached hydrogens (tertiary/aromatic N) is 1. The SMILES string of the molecule is C=CC1CCC2CC(c3c(F)cc(C(=O)Oc4ccc(C#N)cc4)cc3F)CCC2C1. The number of ether oxygens (including phenoxy) is 1. The van der Waals surface area contributed by atoms with Crippen molar-refractivity contribution >= 4 is 5.97 Å². The van der Waals surface area contributed by atoms with E-state index in [1.807, 2.05) is 12.1 Å². The second-order valence-electron chi connectivity index (χ2n) is 8.72. The number of hydrogen-bond acceptors (Lipinski definition) is 3. The molecule has 4 unspecified atom stereocenters. The lowest BCUT2D eigenvalue weighted by Crippen LogP contribution is -2.30. The van der Waals surface area contributed by atoms with Gasteiger partial charge in [-0.25, -0.2) is 13.6 Å². The number of allylic oxidation sites excluding steroid dienone is 1. The first-order valence-corrected chi connectivity index (χ1v) is 10.8. The molecule has 2 aliphatic carbocycles. The molecule has 0 radical (unpaired) electrons. The number of fused-ring (bicyclic) bond motifs is 1. The van der Waals surface area contributed by atoms with Gasteiger partial charge in [0.25, 0.3) is 0 Å². The summed E-state index contributed by atoms with van der Waals surface area (Å²) in [4.78, 5) is 12.4. The molecule has 0 aromatic heterocycles. The van der Waals surface area contributed by atoms with Gasteiger partial charge in [-0.05, 0) is 98.6 Å². The van der Waals surface area contributed by atoms with Crippen LogP contribution in [-0.2, 0) is 0 Å². The van der Waals surface area contributed by atoms with Crippen molar-refractivity contribution in [3.05, 3.63) is 77.4 Å². The highest BCUT2D eigenvalue weighted by molar-refractivity contribution is 5.91. The first kappa shape index (κ1) is 21.2. The van der Waals surface area contributed by atoms with Crippen LogP contribution in [0.25, 0.3) is 0 Å². The van der Waals surface area contributed by atoms with Crippen molar-refractivity contribution in [1.82, 2.24) is 0 Å². The minimum atomic E-state index is -0.833. The van der Waals surface area contributed by atoms with E-state index in [4.69, 9.17) is 10.00 Å². The lowest BCUT2D eigenvalue weighted by Gasteiger charge is -2.41. The van der Waals surface area contributed by atoms with E-state index >= 15 is 0 Å². The monoisotopic (exact) mass is 421 g/mol. The molecule has 0 heterocycles. The van der Waals surface area contributed by atoms with Crippen LogP contribution in [0, 0.1) is 40.7 Å². The first-order valence-electron chi connectivity index (χ1n) is 10.8. The summed E-state index contributed by atoms with van der Waals surface area (Å²) in [6.07, 6.45) is 7.87. The summed E-state index contributed by atoms with van der Waals surface area (Å²) in [6.45, 7) is 3.91. The number of benzene rings is 2. The minimum Gasteiger partial charge on any atom is -0.423 e. The lowest BCUT2D eigenvalue weighted by atomic mass is 9.64. The highest BCUT2D eigenvalue weighted by Crippen LogP contribution is 2.48. The van der Waals surface area contributed by atoms with Crippen LogP contribution in [0.1, 0.15) is 65.9 Å². The fourth-order valence-electron chi connectivity index (χ4n) is 5.26. The Balaban J connectivity index is 1.48. The molecule has 4 rings (SSSR count). The summed E-state index contributed by atoms with van der Waals surface area (Å²) < 4.78 is 35.1. The number of rotatable bonds is 4. The lowest BCUT2D eigenvalue weighted by molar-refractivity contribution is 0.0733. The number of hydrogen-bond donors (Lipinski definition) is 0. The molecule has 5 heteroatoms. The molecule has 2 fully saturated rings. The van der Waals surface area contributed by atoms with Crippen LogP contribution in [0.5, 0.6) is 5.75 Å². The summed E-state index contributed by atoms with van der Waals surface area (Å²) in [6, 6.07) is 10.1. The van der Waals surface area contributed by atoms with Gasteiger partial charge in [0.05, 0.1) is 17.2 Å².